The van der Waals surface area contributed by atoms with Crippen molar-refractivity contribution in [3.63, 3.8) is 0 Å². The highest BCUT2D eigenvalue weighted by Crippen LogP contribution is 2.15. The van der Waals surface area contributed by atoms with E-state index >= 15 is 0 Å². The molecule has 0 saturated carbocycles. The van der Waals surface area contributed by atoms with E-state index in [9.17, 15) is 0 Å². The number of likely N-dealkylation sites (N-methyl/N-ethyl adjacent to an activating group) is 1. The van der Waals surface area contributed by atoms with Gasteiger partial charge in [0.1, 0.15) is 5.82 Å². The first kappa shape index (κ1) is 21.4. The summed E-state index contributed by atoms with van der Waals surface area (Å²) in [7, 11) is 2.16. The molecule has 3 rings (SSSR count). The maximum Gasteiger partial charge on any atom is 0.191 e. The van der Waals surface area contributed by atoms with Gasteiger partial charge in [0.25, 0.3) is 0 Å². The van der Waals surface area contributed by atoms with Gasteiger partial charge in [-0.3, -0.25) is 0 Å². The van der Waals surface area contributed by atoms with Crippen LogP contribution in [0.5, 0.6) is 0 Å². The van der Waals surface area contributed by atoms with E-state index in [0.29, 0.717) is 6.54 Å². The number of benzene rings is 1. The molecular formula is C22H31ClN6. The highest BCUT2D eigenvalue weighted by molar-refractivity contribution is 6.30. The lowest BCUT2D eigenvalue weighted by molar-refractivity contribution is 0.312. The quantitative estimate of drug-likeness (QED) is 0.539. The van der Waals surface area contributed by atoms with Crippen LogP contribution in [0, 0.1) is 0 Å². The van der Waals surface area contributed by atoms with Gasteiger partial charge >= 0.3 is 0 Å². The first-order valence-corrected chi connectivity index (χ1v) is 10.7. The fourth-order valence-electron chi connectivity index (χ4n) is 3.30. The molecule has 29 heavy (non-hydrogen) atoms. The Labute approximate surface area is 179 Å². The van der Waals surface area contributed by atoms with Crippen molar-refractivity contribution in [1.82, 2.24) is 20.5 Å². The molecule has 0 bridgehead atoms. The van der Waals surface area contributed by atoms with Crippen LogP contribution < -0.4 is 15.5 Å². The van der Waals surface area contributed by atoms with Crippen LogP contribution in [-0.2, 0) is 13.0 Å². The lowest BCUT2D eigenvalue weighted by Crippen LogP contribution is -2.44. The summed E-state index contributed by atoms with van der Waals surface area (Å²) in [6.07, 6.45) is 2.78. The van der Waals surface area contributed by atoms with Gasteiger partial charge in [0, 0.05) is 50.5 Å². The minimum atomic E-state index is 0.621. The molecule has 7 heteroatoms. The molecule has 1 aromatic carbocycles. The van der Waals surface area contributed by atoms with Gasteiger partial charge in [-0.05, 0) is 55.8 Å². The third-order valence-corrected chi connectivity index (χ3v) is 5.23. The van der Waals surface area contributed by atoms with E-state index in [4.69, 9.17) is 16.6 Å². The summed E-state index contributed by atoms with van der Waals surface area (Å²) in [5.74, 6) is 1.87. The number of aliphatic imine (C=N–C) groups is 1. The monoisotopic (exact) mass is 414 g/mol. The number of hydrogen-bond acceptors (Lipinski definition) is 4. The minimum absolute atomic E-state index is 0.621. The van der Waals surface area contributed by atoms with Gasteiger partial charge in [0.05, 0.1) is 6.54 Å². The second-order valence-corrected chi connectivity index (χ2v) is 7.75. The number of piperazine rings is 1. The lowest BCUT2D eigenvalue weighted by atomic mass is 10.1. The van der Waals surface area contributed by atoms with Gasteiger partial charge in [-0.1, -0.05) is 23.7 Å². The average molecular weight is 415 g/mol. The number of aromatic nitrogens is 1. The highest BCUT2D eigenvalue weighted by atomic mass is 35.5. The molecule has 156 valence electrons. The normalized spacial score (nSPS) is 15.4. The zero-order valence-corrected chi connectivity index (χ0v) is 18.1. The van der Waals surface area contributed by atoms with Crippen LogP contribution in [0.1, 0.15) is 18.1 Å². The number of hydrogen-bond donors (Lipinski definition) is 2. The third kappa shape index (κ3) is 6.91. The van der Waals surface area contributed by atoms with E-state index < -0.39 is 0 Å². The highest BCUT2D eigenvalue weighted by Gasteiger charge is 2.15. The van der Waals surface area contributed by atoms with Crippen LogP contribution in [0.2, 0.25) is 5.02 Å². The second-order valence-electron chi connectivity index (χ2n) is 7.31. The molecule has 1 aromatic heterocycles. The Bertz CT molecular complexity index is 801. The Balaban J connectivity index is 1.56. The molecule has 0 spiro atoms. The van der Waals surface area contributed by atoms with Crippen molar-refractivity contribution in [2.24, 2.45) is 4.99 Å². The van der Waals surface area contributed by atoms with Crippen molar-refractivity contribution in [3.05, 3.63) is 58.7 Å². The molecular weight excluding hydrogens is 384 g/mol. The van der Waals surface area contributed by atoms with Crippen LogP contribution in [0.25, 0.3) is 0 Å². The van der Waals surface area contributed by atoms with Crippen LogP contribution in [0.3, 0.4) is 0 Å². The predicted molar refractivity (Wildman–Crippen MR) is 122 cm³/mol. The van der Waals surface area contributed by atoms with Crippen molar-refractivity contribution < 1.29 is 0 Å². The van der Waals surface area contributed by atoms with Crippen LogP contribution in [0.15, 0.2) is 47.6 Å². The SMILES string of the molecule is CCNC(=NCc1ccnc(N2CCN(C)CC2)c1)NCCc1cccc(Cl)c1. The fraction of sp³-hybridized carbons (Fsp3) is 0.455. The van der Waals surface area contributed by atoms with E-state index in [1.165, 1.54) is 11.1 Å². The summed E-state index contributed by atoms with van der Waals surface area (Å²) in [5.41, 5.74) is 2.38. The molecule has 0 amide bonds. The summed E-state index contributed by atoms with van der Waals surface area (Å²) in [6.45, 7) is 8.51. The smallest absolute Gasteiger partial charge is 0.191 e. The molecule has 1 aliphatic heterocycles. The molecule has 1 fully saturated rings. The number of rotatable bonds is 7. The van der Waals surface area contributed by atoms with Gasteiger partial charge in [-0.15, -0.1) is 0 Å². The Kier molecular flexibility index (Phi) is 8.14. The molecule has 2 heterocycles. The number of nitrogens with one attached hydrogen (secondary N) is 2. The van der Waals surface area contributed by atoms with Gasteiger partial charge < -0.3 is 20.4 Å². The first-order chi connectivity index (χ1) is 14.1. The minimum Gasteiger partial charge on any atom is -0.357 e. The Morgan fingerprint density at radius 1 is 1.10 bits per heavy atom. The molecule has 0 atom stereocenters. The summed E-state index contributed by atoms with van der Waals surface area (Å²) in [5, 5.41) is 7.50. The Morgan fingerprint density at radius 2 is 1.93 bits per heavy atom. The van der Waals surface area contributed by atoms with Crippen LogP contribution >= 0.6 is 11.6 Å². The number of halogens is 1. The largest absolute Gasteiger partial charge is 0.357 e. The van der Waals surface area contributed by atoms with Gasteiger partial charge in [0.2, 0.25) is 0 Å². The molecule has 2 N–H and O–H groups in total. The molecule has 2 aromatic rings. The zero-order valence-electron chi connectivity index (χ0n) is 17.4. The maximum atomic E-state index is 6.06. The average Bonchev–Trinajstić information content (AvgIpc) is 2.73. The van der Waals surface area contributed by atoms with E-state index in [1.54, 1.807) is 0 Å². The molecule has 6 nitrogen and oxygen atoms in total. The summed E-state index contributed by atoms with van der Waals surface area (Å²) in [4.78, 5) is 14.0. The number of nitrogens with zero attached hydrogens (tertiary/aromatic N) is 4. The third-order valence-electron chi connectivity index (χ3n) is 5.00. The van der Waals surface area contributed by atoms with Crippen molar-refractivity contribution in [3.8, 4) is 0 Å². The van der Waals surface area contributed by atoms with E-state index in [1.807, 2.05) is 30.5 Å². The Morgan fingerprint density at radius 3 is 2.69 bits per heavy atom. The second kappa shape index (κ2) is 11.0. The number of anilines is 1. The zero-order chi connectivity index (χ0) is 20.5. The van der Waals surface area contributed by atoms with E-state index in [2.05, 4.69) is 51.5 Å². The molecule has 1 saturated heterocycles. The standard InChI is InChI=1S/C22H31ClN6/c1-3-24-22(26-10-7-18-5-4-6-20(23)15-18)27-17-19-8-9-25-21(16-19)29-13-11-28(2)12-14-29/h4-6,8-9,15-16H,3,7,10-14,17H2,1-2H3,(H2,24,26,27). The van der Waals surface area contributed by atoms with Crippen molar-refractivity contribution in [2.45, 2.75) is 19.9 Å². The lowest BCUT2D eigenvalue weighted by Gasteiger charge is -2.33. The van der Waals surface area contributed by atoms with E-state index in [-0.39, 0.29) is 0 Å². The van der Waals surface area contributed by atoms with Crippen molar-refractivity contribution in [2.75, 3.05) is 51.2 Å². The summed E-state index contributed by atoms with van der Waals surface area (Å²) >= 11 is 6.06. The van der Waals surface area contributed by atoms with Crippen LogP contribution in [-0.4, -0.2) is 62.2 Å². The van der Waals surface area contributed by atoms with Gasteiger partial charge in [0.15, 0.2) is 5.96 Å². The van der Waals surface area contributed by atoms with Crippen molar-refractivity contribution in [1.29, 1.82) is 0 Å². The molecule has 0 aliphatic carbocycles. The maximum absolute atomic E-state index is 6.06. The van der Waals surface area contributed by atoms with Gasteiger partial charge in [-0.25, -0.2) is 9.98 Å². The van der Waals surface area contributed by atoms with Crippen molar-refractivity contribution >= 4 is 23.4 Å². The van der Waals surface area contributed by atoms with Gasteiger partial charge in [-0.2, -0.15) is 0 Å². The predicted octanol–water partition coefficient (Wildman–Crippen LogP) is 2.78. The summed E-state index contributed by atoms with van der Waals surface area (Å²) in [6, 6.07) is 12.2. The fourth-order valence-corrected chi connectivity index (χ4v) is 3.51. The van der Waals surface area contributed by atoms with Crippen LogP contribution in [0.4, 0.5) is 5.82 Å². The summed E-state index contributed by atoms with van der Waals surface area (Å²) < 4.78 is 0. The van der Waals surface area contributed by atoms with E-state index in [0.717, 1.165) is 62.5 Å². The topological polar surface area (TPSA) is 55.8 Å². The number of pyridine rings is 1. The molecule has 0 radical (unpaired) electrons. The molecule has 0 unspecified atom stereocenters. The molecule has 1 aliphatic rings. The number of guanidine groups is 1. The first-order valence-electron chi connectivity index (χ1n) is 10.3. The Hall–Kier alpha value is -2.31.